The molecular formula is C31H30F3N7OS2. The fraction of sp³-hybridized carbons (Fsp3) is 0.258. The second kappa shape index (κ2) is 13.2. The van der Waals surface area contributed by atoms with Crippen LogP contribution >= 0.6 is 24.0 Å². The first-order chi connectivity index (χ1) is 21.0. The van der Waals surface area contributed by atoms with Crippen LogP contribution in [-0.4, -0.2) is 49.4 Å². The summed E-state index contributed by atoms with van der Waals surface area (Å²) in [6.07, 6.45) is -1.61. The molecule has 1 N–H and O–H groups in total. The SMILES string of the molecule is Cc1ccc(C(C)C)c(N2/C(=N/C(=S)N/N=C/c3ccc(-c4ncn(-c5ccc(OC(F)(F)F)cc5)n4)cc3)SCC2C)c1. The lowest BCUT2D eigenvalue weighted by molar-refractivity contribution is -0.274. The quantitative estimate of drug-likeness (QED) is 0.128. The molecule has 1 atom stereocenters. The molecule has 228 valence electrons. The Morgan fingerprint density at radius 1 is 1.11 bits per heavy atom. The Hall–Kier alpha value is -4.23. The molecule has 0 amide bonds. The number of thioether (sulfide) groups is 1. The summed E-state index contributed by atoms with van der Waals surface area (Å²) in [5, 5.41) is 9.82. The number of rotatable bonds is 7. The second-order valence-electron chi connectivity index (χ2n) is 10.5. The first-order valence-electron chi connectivity index (χ1n) is 13.8. The number of hydrogen-bond acceptors (Lipinski definition) is 6. The number of nitrogens with one attached hydrogen (secondary N) is 1. The zero-order chi connectivity index (χ0) is 31.4. The summed E-state index contributed by atoms with van der Waals surface area (Å²) < 4.78 is 42.6. The Morgan fingerprint density at radius 3 is 2.52 bits per heavy atom. The topological polar surface area (TPSA) is 79.9 Å². The lowest BCUT2D eigenvalue weighted by Crippen LogP contribution is -2.33. The summed E-state index contributed by atoms with van der Waals surface area (Å²) in [6.45, 7) is 8.67. The lowest BCUT2D eigenvalue weighted by atomic mass is 9.98. The lowest BCUT2D eigenvalue weighted by Gasteiger charge is -2.27. The van der Waals surface area contributed by atoms with Crippen molar-refractivity contribution in [2.24, 2.45) is 10.1 Å². The van der Waals surface area contributed by atoms with Crippen LogP contribution in [0.2, 0.25) is 0 Å². The number of ether oxygens (including phenoxy) is 1. The van der Waals surface area contributed by atoms with Crippen molar-refractivity contribution in [1.82, 2.24) is 20.2 Å². The average Bonchev–Trinajstić information content (AvgIpc) is 3.60. The molecule has 1 unspecified atom stereocenters. The number of aliphatic imine (C=N–C) groups is 1. The van der Waals surface area contributed by atoms with E-state index in [1.807, 2.05) is 24.3 Å². The molecule has 0 spiro atoms. The number of hydrazone groups is 1. The number of alkyl halides is 3. The Bertz CT molecular complexity index is 1680. The monoisotopic (exact) mass is 637 g/mol. The smallest absolute Gasteiger partial charge is 0.406 e. The first kappa shape index (κ1) is 31.2. The normalized spacial score (nSPS) is 16.3. The van der Waals surface area contributed by atoms with Crippen molar-refractivity contribution in [3.8, 4) is 22.8 Å². The molecule has 0 aliphatic carbocycles. The van der Waals surface area contributed by atoms with E-state index >= 15 is 0 Å². The van der Waals surface area contributed by atoms with Crippen LogP contribution in [0.4, 0.5) is 18.9 Å². The summed E-state index contributed by atoms with van der Waals surface area (Å²) >= 11 is 7.16. The minimum absolute atomic E-state index is 0.269. The molecule has 2 heterocycles. The molecular weight excluding hydrogens is 608 g/mol. The number of thiocarbonyl (C=S) groups is 1. The van der Waals surface area contributed by atoms with Crippen LogP contribution in [0.1, 0.15) is 43.4 Å². The van der Waals surface area contributed by atoms with Crippen LogP contribution in [0.25, 0.3) is 17.1 Å². The van der Waals surface area contributed by atoms with Gasteiger partial charge in [-0.1, -0.05) is 62.0 Å². The van der Waals surface area contributed by atoms with E-state index in [2.05, 4.69) is 81.1 Å². The van der Waals surface area contributed by atoms with Crippen molar-refractivity contribution in [2.75, 3.05) is 10.7 Å². The molecule has 1 aromatic heterocycles. The molecule has 0 radical (unpaired) electrons. The third-order valence-corrected chi connectivity index (χ3v) is 8.11. The fourth-order valence-corrected chi connectivity index (χ4v) is 5.93. The van der Waals surface area contributed by atoms with E-state index in [0.29, 0.717) is 17.4 Å². The highest BCUT2D eigenvalue weighted by Crippen LogP contribution is 2.36. The molecule has 5 rings (SSSR count). The predicted octanol–water partition coefficient (Wildman–Crippen LogP) is 7.47. The molecule has 1 aliphatic rings. The van der Waals surface area contributed by atoms with E-state index in [-0.39, 0.29) is 16.9 Å². The van der Waals surface area contributed by atoms with E-state index in [1.165, 1.54) is 46.4 Å². The molecule has 0 saturated carbocycles. The Morgan fingerprint density at radius 2 is 1.84 bits per heavy atom. The summed E-state index contributed by atoms with van der Waals surface area (Å²) in [4.78, 5) is 11.3. The number of aryl methyl sites for hydroxylation is 1. The van der Waals surface area contributed by atoms with Gasteiger partial charge in [0.05, 0.1) is 11.9 Å². The van der Waals surface area contributed by atoms with Crippen molar-refractivity contribution < 1.29 is 17.9 Å². The minimum Gasteiger partial charge on any atom is -0.406 e. The largest absolute Gasteiger partial charge is 0.573 e. The van der Waals surface area contributed by atoms with Gasteiger partial charge in [0, 0.05) is 23.0 Å². The Labute approximate surface area is 263 Å². The summed E-state index contributed by atoms with van der Waals surface area (Å²) in [7, 11) is 0. The van der Waals surface area contributed by atoms with Crippen LogP contribution in [0, 0.1) is 6.92 Å². The highest BCUT2D eigenvalue weighted by atomic mass is 32.2. The van der Waals surface area contributed by atoms with Crippen molar-refractivity contribution in [3.05, 3.63) is 89.7 Å². The molecule has 1 fully saturated rings. The van der Waals surface area contributed by atoms with Gasteiger partial charge in [0.1, 0.15) is 12.1 Å². The van der Waals surface area contributed by atoms with Crippen LogP contribution in [0.15, 0.2) is 83.2 Å². The first-order valence-corrected chi connectivity index (χ1v) is 15.2. The van der Waals surface area contributed by atoms with Crippen LogP contribution in [0.5, 0.6) is 5.75 Å². The zero-order valence-electron chi connectivity index (χ0n) is 24.4. The number of amidine groups is 1. The van der Waals surface area contributed by atoms with Crippen molar-refractivity contribution in [1.29, 1.82) is 0 Å². The van der Waals surface area contributed by atoms with Gasteiger partial charge < -0.3 is 9.64 Å². The maximum absolute atomic E-state index is 12.4. The zero-order valence-corrected chi connectivity index (χ0v) is 26.0. The Balaban J connectivity index is 1.21. The van der Waals surface area contributed by atoms with Crippen molar-refractivity contribution >= 4 is 46.2 Å². The number of anilines is 1. The third-order valence-electron chi connectivity index (χ3n) is 6.73. The average molecular weight is 638 g/mol. The summed E-state index contributed by atoms with van der Waals surface area (Å²) in [5.41, 5.74) is 8.61. The minimum atomic E-state index is -4.75. The van der Waals surface area contributed by atoms with Gasteiger partial charge in [-0.2, -0.15) is 10.1 Å². The summed E-state index contributed by atoms with van der Waals surface area (Å²) in [5.74, 6) is 1.44. The van der Waals surface area contributed by atoms with Crippen LogP contribution in [-0.2, 0) is 0 Å². The van der Waals surface area contributed by atoms with E-state index < -0.39 is 6.36 Å². The maximum atomic E-state index is 12.4. The van der Waals surface area contributed by atoms with Gasteiger partial charge in [0.15, 0.2) is 11.0 Å². The molecule has 8 nitrogen and oxygen atoms in total. The molecule has 3 aromatic carbocycles. The van der Waals surface area contributed by atoms with Gasteiger partial charge in [-0.05, 0) is 79.0 Å². The molecule has 13 heteroatoms. The van der Waals surface area contributed by atoms with Gasteiger partial charge >= 0.3 is 6.36 Å². The van der Waals surface area contributed by atoms with Crippen molar-refractivity contribution in [2.45, 2.75) is 46.0 Å². The van der Waals surface area contributed by atoms with E-state index in [4.69, 9.17) is 12.2 Å². The molecule has 4 aromatic rings. The van der Waals surface area contributed by atoms with E-state index in [9.17, 15) is 13.2 Å². The van der Waals surface area contributed by atoms with Gasteiger partial charge in [-0.15, -0.1) is 18.3 Å². The van der Waals surface area contributed by atoms with Crippen molar-refractivity contribution in [3.63, 3.8) is 0 Å². The number of halogens is 3. The Kier molecular flexibility index (Phi) is 9.35. The number of nitrogens with zero attached hydrogens (tertiary/aromatic N) is 6. The highest BCUT2D eigenvalue weighted by Gasteiger charge is 2.31. The maximum Gasteiger partial charge on any atom is 0.573 e. The number of hydrogen-bond donors (Lipinski definition) is 1. The number of aromatic nitrogens is 3. The van der Waals surface area contributed by atoms with E-state index in [0.717, 1.165) is 27.7 Å². The van der Waals surface area contributed by atoms with Gasteiger partial charge in [0.25, 0.3) is 0 Å². The third kappa shape index (κ3) is 7.64. The van der Waals surface area contributed by atoms with E-state index in [1.54, 1.807) is 18.0 Å². The predicted molar refractivity (Wildman–Crippen MR) is 174 cm³/mol. The summed E-state index contributed by atoms with van der Waals surface area (Å²) in [6, 6.07) is 19.6. The fourth-order valence-electron chi connectivity index (χ4n) is 4.62. The van der Waals surface area contributed by atoms with Gasteiger partial charge in [-0.3, -0.25) is 5.43 Å². The molecule has 44 heavy (non-hydrogen) atoms. The molecule has 0 bridgehead atoms. The van der Waals surface area contributed by atoms with Gasteiger partial charge in [0.2, 0.25) is 5.11 Å². The van der Waals surface area contributed by atoms with Crippen LogP contribution in [0.3, 0.4) is 0 Å². The molecule has 1 aliphatic heterocycles. The van der Waals surface area contributed by atoms with Gasteiger partial charge in [-0.25, -0.2) is 9.67 Å². The van der Waals surface area contributed by atoms with Crippen LogP contribution < -0.4 is 15.1 Å². The standard InChI is InChI=1S/C31H30F3N7OS2/c1-19(2)26-14-5-20(3)15-27(26)41-21(4)17-44-30(41)37-29(43)38-36-16-22-6-8-23(9-7-22)28-35-18-40(39-28)24-10-12-25(13-11-24)42-31(32,33)34/h5-16,18-19,21H,17H2,1-4H3,(H,38,43)/b36-16+,37-30-. The number of benzene rings is 3. The second-order valence-corrected chi connectivity index (χ2v) is 11.9. The molecule has 1 saturated heterocycles. The highest BCUT2D eigenvalue weighted by molar-refractivity contribution is 8.14.